The Balaban J connectivity index is 2.37. The van der Waals surface area contributed by atoms with Crippen LogP contribution in [0.15, 0.2) is 24.4 Å². The van der Waals surface area contributed by atoms with Gasteiger partial charge in [-0.3, -0.25) is 9.25 Å². The van der Waals surface area contributed by atoms with Gasteiger partial charge in [-0.25, -0.2) is 4.98 Å². The minimum Gasteiger partial charge on any atom is -0.292 e. The van der Waals surface area contributed by atoms with Gasteiger partial charge >= 0.3 is 0 Å². The number of nitrogens with zero attached hydrogens (tertiary/aromatic N) is 5. The Bertz CT molecular complexity index is 837. The van der Waals surface area contributed by atoms with Crippen LogP contribution in [0, 0.1) is 18.3 Å². The van der Waals surface area contributed by atoms with Crippen LogP contribution in [0.1, 0.15) is 17.1 Å². The van der Waals surface area contributed by atoms with Crippen LogP contribution in [-0.4, -0.2) is 19.3 Å². The van der Waals surface area contributed by atoms with Gasteiger partial charge in [0, 0.05) is 13.2 Å². The van der Waals surface area contributed by atoms with Crippen LogP contribution in [0.5, 0.6) is 0 Å². The van der Waals surface area contributed by atoms with Crippen molar-refractivity contribution in [3.63, 3.8) is 0 Å². The summed E-state index contributed by atoms with van der Waals surface area (Å²) in [6.07, 6.45) is 1.92. The van der Waals surface area contributed by atoms with E-state index in [0.717, 1.165) is 28.2 Å². The lowest BCUT2D eigenvalue weighted by Crippen LogP contribution is -2.00. The summed E-state index contributed by atoms with van der Waals surface area (Å²) in [5, 5.41) is 13.4. The van der Waals surface area contributed by atoms with E-state index in [9.17, 15) is 0 Å². The van der Waals surface area contributed by atoms with Gasteiger partial charge in [0.1, 0.15) is 5.82 Å². The third-order valence-electron chi connectivity index (χ3n) is 3.20. The Morgan fingerprint density at radius 2 is 2.20 bits per heavy atom. The first-order valence-corrected chi connectivity index (χ1v) is 6.65. The molecule has 100 valence electrons. The van der Waals surface area contributed by atoms with E-state index in [4.69, 9.17) is 16.9 Å². The third kappa shape index (κ3) is 1.86. The number of fused-ring (bicyclic) bond motifs is 1. The smallest absolute Gasteiger partial charge is 0.129 e. The second-order valence-corrected chi connectivity index (χ2v) is 4.85. The maximum atomic E-state index is 9.06. The van der Waals surface area contributed by atoms with Crippen molar-refractivity contribution < 1.29 is 0 Å². The maximum absolute atomic E-state index is 9.06. The lowest BCUT2D eigenvalue weighted by Gasteiger charge is -2.05. The van der Waals surface area contributed by atoms with E-state index in [1.54, 1.807) is 10.7 Å². The van der Waals surface area contributed by atoms with Gasteiger partial charge in [0.25, 0.3) is 0 Å². The molecule has 0 aliphatic carbocycles. The first kappa shape index (κ1) is 12.7. The molecule has 2 aromatic heterocycles. The van der Waals surface area contributed by atoms with Crippen LogP contribution < -0.4 is 0 Å². The third-order valence-corrected chi connectivity index (χ3v) is 3.44. The van der Waals surface area contributed by atoms with Crippen molar-refractivity contribution in [2.45, 2.75) is 12.8 Å². The number of hydrogen-bond acceptors (Lipinski definition) is 3. The number of alkyl halides is 1. The van der Waals surface area contributed by atoms with Crippen LogP contribution in [0.2, 0.25) is 0 Å². The molecule has 0 N–H and O–H groups in total. The molecule has 0 amide bonds. The minimum atomic E-state index is 0.297. The molecule has 0 bridgehead atoms. The number of halogens is 1. The Hall–Kier alpha value is -2.32. The van der Waals surface area contributed by atoms with Gasteiger partial charge in [0.15, 0.2) is 0 Å². The molecular formula is C14H12ClN5. The Morgan fingerprint density at radius 1 is 1.40 bits per heavy atom. The van der Waals surface area contributed by atoms with E-state index < -0.39 is 0 Å². The first-order valence-electron chi connectivity index (χ1n) is 6.12. The Kier molecular flexibility index (Phi) is 2.96. The summed E-state index contributed by atoms with van der Waals surface area (Å²) in [6, 6.07) is 7.57. The molecule has 1 aromatic carbocycles. The van der Waals surface area contributed by atoms with Crippen LogP contribution in [0.3, 0.4) is 0 Å². The molecule has 20 heavy (non-hydrogen) atoms. The number of aryl methyl sites for hydroxylation is 2. The summed E-state index contributed by atoms with van der Waals surface area (Å²) >= 11 is 6.01. The van der Waals surface area contributed by atoms with E-state index in [-0.39, 0.29) is 0 Å². The molecule has 3 rings (SSSR count). The topological polar surface area (TPSA) is 59.4 Å². The average Bonchev–Trinajstić information content (AvgIpc) is 2.96. The summed E-state index contributed by atoms with van der Waals surface area (Å²) in [4.78, 5) is 4.52. The minimum absolute atomic E-state index is 0.297. The number of imidazole rings is 1. The van der Waals surface area contributed by atoms with Gasteiger partial charge in [0.2, 0.25) is 0 Å². The zero-order valence-electron chi connectivity index (χ0n) is 11.1. The first-order chi connectivity index (χ1) is 9.63. The highest BCUT2D eigenvalue weighted by atomic mass is 35.5. The van der Waals surface area contributed by atoms with E-state index in [1.807, 2.05) is 36.9 Å². The van der Waals surface area contributed by atoms with E-state index in [0.29, 0.717) is 11.4 Å². The second-order valence-electron chi connectivity index (χ2n) is 4.59. The highest BCUT2D eigenvalue weighted by molar-refractivity contribution is 6.17. The molecule has 0 aliphatic heterocycles. The highest BCUT2D eigenvalue weighted by Crippen LogP contribution is 2.25. The fraction of sp³-hybridized carbons (Fsp3) is 0.214. The monoisotopic (exact) mass is 285 g/mol. The molecule has 0 saturated heterocycles. The normalized spacial score (nSPS) is 10.9. The standard InChI is InChI=1S/C14H12ClN5/c1-9-13(8-19(2)18-9)20-12-5-10(7-16)3-4-11(12)17-14(20)6-15/h3-5,8H,6H2,1-2H3. The van der Waals surface area contributed by atoms with Gasteiger partial charge in [-0.1, -0.05) is 0 Å². The van der Waals surface area contributed by atoms with Gasteiger partial charge < -0.3 is 0 Å². The molecule has 0 radical (unpaired) electrons. The summed E-state index contributed by atoms with van der Waals surface area (Å²) in [7, 11) is 1.87. The second kappa shape index (κ2) is 4.66. The average molecular weight is 286 g/mol. The molecule has 6 heteroatoms. The van der Waals surface area contributed by atoms with Gasteiger partial charge in [0.05, 0.1) is 39.9 Å². The summed E-state index contributed by atoms with van der Waals surface area (Å²) in [5.74, 6) is 1.04. The molecule has 0 spiro atoms. The predicted octanol–water partition coefficient (Wildman–Crippen LogP) is 2.68. The number of benzene rings is 1. The molecule has 3 aromatic rings. The molecule has 0 atom stereocenters. The van der Waals surface area contributed by atoms with Crippen LogP contribution in [0.4, 0.5) is 0 Å². The predicted molar refractivity (Wildman–Crippen MR) is 76.8 cm³/mol. The van der Waals surface area contributed by atoms with Crippen molar-refractivity contribution in [3.8, 4) is 11.8 Å². The molecule has 0 saturated carbocycles. The summed E-state index contributed by atoms with van der Waals surface area (Å²) < 4.78 is 3.72. The SMILES string of the molecule is Cc1nn(C)cc1-n1c(CCl)nc2ccc(C#N)cc21. The molecule has 0 aliphatic rings. The van der Waals surface area contributed by atoms with Gasteiger partial charge in [-0.05, 0) is 25.1 Å². The van der Waals surface area contributed by atoms with Crippen molar-refractivity contribution in [2.24, 2.45) is 7.05 Å². The van der Waals surface area contributed by atoms with E-state index in [2.05, 4.69) is 16.2 Å². The fourth-order valence-electron chi connectivity index (χ4n) is 2.36. The molecule has 0 fully saturated rings. The van der Waals surface area contributed by atoms with E-state index in [1.165, 1.54) is 0 Å². The summed E-state index contributed by atoms with van der Waals surface area (Å²) in [6.45, 7) is 1.94. The highest BCUT2D eigenvalue weighted by Gasteiger charge is 2.15. The molecular weight excluding hydrogens is 274 g/mol. The van der Waals surface area contributed by atoms with Gasteiger partial charge in [-0.2, -0.15) is 10.4 Å². The van der Waals surface area contributed by atoms with Crippen molar-refractivity contribution in [3.05, 3.63) is 41.5 Å². The van der Waals surface area contributed by atoms with Crippen LogP contribution in [0.25, 0.3) is 16.7 Å². The fourth-order valence-corrected chi connectivity index (χ4v) is 2.54. The number of nitriles is 1. The summed E-state index contributed by atoms with van der Waals surface area (Å²) in [5.41, 5.74) is 4.11. The van der Waals surface area contributed by atoms with Crippen LogP contribution >= 0.6 is 11.6 Å². The molecule has 2 heterocycles. The molecule has 5 nitrogen and oxygen atoms in total. The zero-order chi connectivity index (χ0) is 14.3. The lowest BCUT2D eigenvalue weighted by atomic mass is 10.2. The van der Waals surface area contributed by atoms with Crippen molar-refractivity contribution in [2.75, 3.05) is 0 Å². The van der Waals surface area contributed by atoms with Gasteiger partial charge in [-0.15, -0.1) is 11.6 Å². The Labute approximate surface area is 121 Å². The zero-order valence-corrected chi connectivity index (χ0v) is 11.9. The number of rotatable bonds is 2. The van der Waals surface area contributed by atoms with Crippen molar-refractivity contribution >= 4 is 22.6 Å². The lowest BCUT2D eigenvalue weighted by molar-refractivity contribution is 0.756. The van der Waals surface area contributed by atoms with Crippen molar-refractivity contribution in [1.29, 1.82) is 5.26 Å². The molecule has 0 unspecified atom stereocenters. The largest absolute Gasteiger partial charge is 0.292 e. The Morgan fingerprint density at radius 3 is 2.80 bits per heavy atom. The van der Waals surface area contributed by atoms with Crippen LogP contribution in [-0.2, 0) is 12.9 Å². The number of hydrogen-bond donors (Lipinski definition) is 0. The quantitative estimate of drug-likeness (QED) is 0.680. The van der Waals surface area contributed by atoms with Crippen molar-refractivity contribution in [1.82, 2.24) is 19.3 Å². The maximum Gasteiger partial charge on any atom is 0.129 e. The number of aromatic nitrogens is 4. The van der Waals surface area contributed by atoms with E-state index >= 15 is 0 Å².